The topological polar surface area (TPSA) is 12.0 Å². The van der Waals surface area contributed by atoms with Crippen molar-refractivity contribution in [3.8, 4) is 0 Å². The maximum atomic E-state index is 3.72. The molecule has 0 amide bonds. The fraction of sp³-hybridized carbons (Fsp3) is 0.778. The summed E-state index contributed by atoms with van der Waals surface area (Å²) in [6, 6.07) is 3.10. The van der Waals surface area contributed by atoms with Gasteiger partial charge in [0.25, 0.3) is 0 Å². The summed E-state index contributed by atoms with van der Waals surface area (Å²) < 4.78 is 0. The van der Waals surface area contributed by atoms with Gasteiger partial charge in [0.2, 0.25) is 0 Å². The van der Waals surface area contributed by atoms with Gasteiger partial charge in [-0.1, -0.05) is 13.8 Å². The van der Waals surface area contributed by atoms with Gasteiger partial charge in [0.15, 0.2) is 0 Å². The predicted molar refractivity (Wildman–Crippen MR) is 88.5 cm³/mol. The zero-order chi connectivity index (χ0) is 14.1. The van der Waals surface area contributed by atoms with Gasteiger partial charge in [-0.2, -0.15) is 0 Å². The van der Waals surface area contributed by atoms with E-state index in [1.807, 2.05) is 11.3 Å². The molecule has 2 aliphatic carbocycles. The molecule has 1 fully saturated rings. The van der Waals surface area contributed by atoms with Crippen LogP contribution in [-0.4, -0.2) is 13.1 Å². The quantitative estimate of drug-likeness (QED) is 0.841. The molecular formula is C18H29NS. The van der Waals surface area contributed by atoms with Crippen molar-refractivity contribution >= 4 is 11.3 Å². The normalized spacial score (nSPS) is 35.5. The van der Waals surface area contributed by atoms with E-state index < -0.39 is 0 Å². The summed E-state index contributed by atoms with van der Waals surface area (Å²) in [5.74, 6) is 3.45. The van der Waals surface area contributed by atoms with Gasteiger partial charge in [0.1, 0.15) is 0 Å². The molecule has 1 aromatic rings. The van der Waals surface area contributed by atoms with E-state index in [1.165, 1.54) is 38.5 Å². The molecule has 0 saturated heterocycles. The second kappa shape index (κ2) is 6.19. The molecule has 3 rings (SSSR count). The first kappa shape index (κ1) is 14.6. The van der Waals surface area contributed by atoms with Gasteiger partial charge in [0.05, 0.1) is 0 Å². The van der Waals surface area contributed by atoms with E-state index in [-0.39, 0.29) is 0 Å². The van der Waals surface area contributed by atoms with Gasteiger partial charge in [-0.3, -0.25) is 0 Å². The summed E-state index contributed by atoms with van der Waals surface area (Å²) in [5.41, 5.74) is 1.67. The number of hydrogen-bond donors (Lipinski definition) is 1. The monoisotopic (exact) mass is 291 g/mol. The Hall–Kier alpha value is -0.340. The number of nitrogens with one attached hydrogen (secondary N) is 1. The molecule has 0 aromatic carbocycles. The van der Waals surface area contributed by atoms with Crippen LogP contribution in [0, 0.1) is 17.8 Å². The third kappa shape index (κ3) is 2.82. The molecule has 0 aliphatic heterocycles. The van der Waals surface area contributed by atoms with E-state index in [0.29, 0.717) is 6.04 Å². The van der Waals surface area contributed by atoms with Crippen LogP contribution in [0.3, 0.4) is 0 Å². The summed E-state index contributed by atoms with van der Waals surface area (Å²) in [5, 5.41) is 6.03. The summed E-state index contributed by atoms with van der Waals surface area (Å²) in [4.78, 5) is 1.67. The zero-order valence-electron chi connectivity index (χ0n) is 13.2. The van der Waals surface area contributed by atoms with Crippen molar-refractivity contribution in [3.05, 3.63) is 21.9 Å². The van der Waals surface area contributed by atoms with E-state index in [0.717, 1.165) is 23.7 Å². The lowest BCUT2D eigenvalue weighted by molar-refractivity contribution is 0.161. The largest absolute Gasteiger partial charge is 0.316 e. The molecule has 4 atom stereocenters. The smallest absolute Gasteiger partial charge is 0.0162 e. The molecule has 0 spiro atoms. The maximum Gasteiger partial charge on any atom is 0.0162 e. The number of hydrogen-bond acceptors (Lipinski definition) is 2. The van der Waals surface area contributed by atoms with E-state index in [4.69, 9.17) is 0 Å². The summed E-state index contributed by atoms with van der Waals surface area (Å²) in [7, 11) is 2.19. The summed E-state index contributed by atoms with van der Waals surface area (Å²) in [6.45, 7) is 4.90. The lowest BCUT2D eigenvalue weighted by Crippen LogP contribution is -2.43. The first-order valence-corrected chi connectivity index (χ1v) is 9.30. The van der Waals surface area contributed by atoms with Crippen molar-refractivity contribution in [1.82, 2.24) is 5.32 Å². The summed E-state index contributed by atoms with van der Waals surface area (Å²) in [6.07, 6.45) is 8.36. The fourth-order valence-electron chi connectivity index (χ4n) is 4.96. The van der Waals surface area contributed by atoms with Crippen molar-refractivity contribution in [2.75, 3.05) is 7.05 Å². The molecule has 20 heavy (non-hydrogen) atoms. The molecule has 0 radical (unpaired) electrons. The number of likely N-dealkylation sites (N-methyl/N-ethyl adjacent to an activating group) is 1. The Bertz CT molecular complexity index is 428. The molecule has 1 aromatic heterocycles. The number of thiophene rings is 1. The van der Waals surface area contributed by atoms with Crippen molar-refractivity contribution < 1.29 is 0 Å². The van der Waals surface area contributed by atoms with Crippen LogP contribution in [0.15, 0.2) is 11.4 Å². The SMILES string of the molecule is CNC(C1CC(C)CC(C)C1)C1CCCc2sccc21. The van der Waals surface area contributed by atoms with Gasteiger partial charge < -0.3 is 5.32 Å². The molecule has 1 nitrogen and oxygen atoms in total. The lowest BCUT2D eigenvalue weighted by Gasteiger charge is -2.41. The molecule has 1 N–H and O–H groups in total. The highest BCUT2D eigenvalue weighted by atomic mass is 32.1. The minimum Gasteiger partial charge on any atom is -0.316 e. The highest BCUT2D eigenvalue weighted by molar-refractivity contribution is 7.10. The first-order valence-electron chi connectivity index (χ1n) is 8.42. The number of rotatable bonds is 3. The lowest BCUT2D eigenvalue weighted by atomic mass is 9.68. The second-order valence-electron chi connectivity index (χ2n) is 7.29. The fourth-order valence-corrected chi connectivity index (χ4v) is 5.96. The van der Waals surface area contributed by atoms with E-state index >= 15 is 0 Å². The Morgan fingerprint density at radius 2 is 1.95 bits per heavy atom. The average Bonchev–Trinajstić information content (AvgIpc) is 2.87. The van der Waals surface area contributed by atoms with Crippen molar-refractivity contribution in [2.45, 2.75) is 64.3 Å². The molecule has 2 heteroatoms. The van der Waals surface area contributed by atoms with Gasteiger partial charge >= 0.3 is 0 Å². The van der Waals surface area contributed by atoms with Crippen LogP contribution in [0.25, 0.3) is 0 Å². The zero-order valence-corrected chi connectivity index (χ0v) is 14.0. The maximum absolute atomic E-state index is 3.72. The molecule has 0 bridgehead atoms. The third-order valence-corrected chi connectivity index (χ3v) is 6.58. The third-order valence-electron chi connectivity index (χ3n) is 5.59. The van der Waals surface area contributed by atoms with E-state index in [2.05, 4.69) is 37.7 Å². The minimum atomic E-state index is 0.689. The molecule has 4 unspecified atom stereocenters. The van der Waals surface area contributed by atoms with Gasteiger partial charge in [0, 0.05) is 16.8 Å². The van der Waals surface area contributed by atoms with Crippen LogP contribution in [0.5, 0.6) is 0 Å². The molecule has 2 aliphatic rings. The van der Waals surface area contributed by atoms with Gasteiger partial charge in [-0.15, -0.1) is 11.3 Å². The van der Waals surface area contributed by atoms with Crippen LogP contribution in [0.1, 0.15) is 62.3 Å². The van der Waals surface area contributed by atoms with Crippen LogP contribution in [0.2, 0.25) is 0 Å². The van der Waals surface area contributed by atoms with Crippen molar-refractivity contribution in [1.29, 1.82) is 0 Å². The predicted octanol–water partition coefficient (Wildman–Crippen LogP) is 4.83. The Labute approximate surface area is 128 Å². The van der Waals surface area contributed by atoms with Crippen LogP contribution in [-0.2, 0) is 6.42 Å². The van der Waals surface area contributed by atoms with Crippen molar-refractivity contribution in [3.63, 3.8) is 0 Å². The second-order valence-corrected chi connectivity index (χ2v) is 8.29. The Morgan fingerprint density at radius 1 is 1.20 bits per heavy atom. The van der Waals surface area contributed by atoms with Crippen LogP contribution in [0.4, 0.5) is 0 Å². The Balaban J connectivity index is 1.80. The van der Waals surface area contributed by atoms with Crippen LogP contribution >= 0.6 is 11.3 Å². The standard InChI is InChI=1S/C18H29NS/c1-12-9-13(2)11-14(10-12)18(19-3)16-5-4-6-17-15(16)7-8-20-17/h7-8,12-14,16,18-19H,4-6,9-11H2,1-3H3. The van der Waals surface area contributed by atoms with E-state index in [1.54, 1.807) is 10.4 Å². The molecule has 112 valence electrons. The first-order chi connectivity index (χ1) is 9.69. The number of aryl methyl sites for hydroxylation is 1. The highest BCUT2D eigenvalue weighted by Crippen LogP contribution is 2.43. The highest BCUT2D eigenvalue weighted by Gasteiger charge is 2.36. The number of fused-ring (bicyclic) bond motifs is 1. The Morgan fingerprint density at radius 3 is 2.65 bits per heavy atom. The van der Waals surface area contributed by atoms with Crippen LogP contribution < -0.4 is 5.32 Å². The molecular weight excluding hydrogens is 262 g/mol. The molecule has 1 saturated carbocycles. The minimum absolute atomic E-state index is 0.689. The van der Waals surface area contributed by atoms with Crippen molar-refractivity contribution in [2.24, 2.45) is 17.8 Å². The van der Waals surface area contributed by atoms with E-state index in [9.17, 15) is 0 Å². The molecule has 1 heterocycles. The average molecular weight is 292 g/mol. The summed E-state index contributed by atoms with van der Waals surface area (Å²) >= 11 is 1.98. The Kier molecular flexibility index (Phi) is 4.52. The van der Waals surface area contributed by atoms with Gasteiger partial charge in [-0.25, -0.2) is 0 Å². The van der Waals surface area contributed by atoms with Gasteiger partial charge in [-0.05, 0) is 80.3 Å².